The van der Waals surface area contributed by atoms with Gasteiger partial charge >= 0.3 is 0 Å². The smallest absolute Gasteiger partial charge is 0.180 e. The average Bonchev–Trinajstić information content (AvgIpc) is 3.78. The molecule has 5 aromatic heterocycles. The van der Waals surface area contributed by atoms with Crippen LogP contribution in [0, 0.1) is 0 Å². The number of hydrogen-bond acceptors (Lipinski definition) is 8. The van der Waals surface area contributed by atoms with Crippen LogP contribution in [-0.4, -0.2) is 46.4 Å². The molecule has 12 heteroatoms. The van der Waals surface area contributed by atoms with Crippen molar-refractivity contribution in [1.82, 2.24) is 19.9 Å². The summed E-state index contributed by atoms with van der Waals surface area (Å²) < 4.78 is 23.8. The lowest BCUT2D eigenvalue weighted by molar-refractivity contribution is 0.174. The summed E-state index contributed by atoms with van der Waals surface area (Å²) in [6.45, 7) is 2.02. The lowest BCUT2D eigenvalue weighted by Crippen LogP contribution is -2.14. The molecule has 6 aromatic rings. The van der Waals surface area contributed by atoms with Crippen molar-refractivity contribution in [2.75, 3.05) is 26.4 Å². The molecule has 7 heterocycles. The minimum Gasteiger partial charge on any atom is -0.485 e. The van der Waals surface area contributed by atoms with Gasteiger partial charge in [0.15, 0.2) is 23.0 Å². The molecule has 0 saturated carbocycles. The number of H-pyrrole nitrogens is 2. The number of rotatable bonds is 4. The van der Waals surface area contributed by atoms with Crippen LogP contribution in [-0.2, 0) is 0 Å². The second kappa shape index (κ2) is 9.45. The van der Waals surface area contributed by atoms with Crippen LogP contribution in [0.1, 0.15) is 0 Å². The highest BCUT2D eigenvalue weighted by molar-refractivity contribution is 7.15. The Kier molecular flexibility index (Phi) is 5.70. The summed E-state index contributed by atoms with van der Waals surface area (Å²) in [5, 5.41) is 4.94. The molecular weight excluding hydrogens is 591 g/mol. The van der Waals surface area contributed by atoms with Crippen molar-refractivity contribution in [1.29, 1.82) is 0 Å². The zero-order valence-electron chi connectivity index (χ0n) is 20.5. The van der Waals surface area contributed by atoms with Crippen molar-refractivity contribution in [3.63, 3.8) is 0 Å². The van der Waals surface area contributed by atoms with E-state index < -0.39 is 0 Å². The Morgan fingerprint density at radius 1 is 0.600 bits per heavy atom. The maximum atomic E-state index is 6.30. The molecule has 8 rings (SSSR count). The molecule has 0 radical (unpaired) electrons. The second-order valence-corrected chi connectivity index (χ2v) is 11.7. The minimum absolute atomic E-state index is 0.487. The molecule has 2 aliphatic rings. The Morgan fingerprint density at radius 2 is 1.05 bits per heavy atom. The van der Waals surface area contributed by atoms with Crippen LogP contribution in [0.4, 0.5) is 0 Å². The zero-order chi connectivity index (χ0) is 26.8. The first kappa shape index (κ1) is 24.1. The fourth-order valence-corrected chi connectivity index (χ4v) is 7.23. The number of halogens is 2. The van der Waals surface area contributed by atoms with E-state index in [4.69, 9.17) is 52.1 Å². The molecule has 40 heavy (non-hydrogen) atoms. The Morgan fingerprint density at radius 3 is 1.48 bits per heavy atom. The third-order valence-electron chi connectivity index (χ3n) is 6.73. The van der Waals surface area contributed by atoms with E-state index in [-0.39, 0.29) is 0 Å². The fraction of sp³-hybridized carbons (Fsp3) is 0.143. The molecule has 8 nitrogen and oxygen atoms in total. The van der Waals surface area contributed by atoms with Gasteiger partial charge in [0, 0.05) is 21.9 Å². The third-order valence-corrected chi connectivity index (χ3v) is 9.11. The van der Waals surface area contributed by atoms with Gasteiger partial charge in [-0.3, -0.25) is 0 Å². The van der Waals surface area contributed by atoms with Crippen LogP contribution in [0.2, 0.25) is 10.3 Å². The van der Waals surface area contributed by atoms with Crippen molar-refractivity contribution < 1.29 is 18.9 Å². The van der Waals surface area contributed by atoms with Crippen molar-refractivity contribution in [3.8, 4) is 66.7 Å². The van der Waals surface area contributed by atoms with E-state index in [1.807, 2.05) is 22.9 Å². The van der Waals surface area contributed by atoms with Crippen molar-refractivity contribution in [2.24, 2.45) is 0 Å². The van der Waals surface area contributed by atoms with Crippen LogP contribution in [0.3, 0.4) is 0 Å². The molecule has 0 unspecified atom stereocenters. The lowest BCUT2D eigenvalue weighted by Gasteiger charge is -2.18. The molecule has 0 fully saturated rings. The molecule has 0 bridgehead atoms. The van der Waals surface area contributed by atoms with Gasteiger partial charge in [-0.1, -0.05) is 35.3 Å². The van der Waals surface area contributed by atoms with E-state index in [1.165, 1.54) is 0 Å². The fourth-order valence-electron chi connectivity index (χ4n) is 4.99. The van der Waals surface area contributed by atoms with E-state index in [9.17, 15) is 0 Å². The Balaban J connectivity index is 1.45. The van der Waals surface area contributed by atoms with E-state index >= 15 is 0 Å². The number of aromatic amines is 2. The van der Waals surface area contributed by atoms with Gasteiger partial charge in [-0.15, -0.1) is 22.7 Å². The number of thiophene rings is 2. The Hall–Kier alpha value is -3.70. The first-order valence-electron chi connectivity index (χ1n) is 12.4. The Bertz CT molecular complexity index is 1790. The van der Waals surface area contributed by atoms with Gasteiger partial charge in [-0.2, -0.15) is 0 Å². The number of hydrogen-bond donors (Lipinski definition) is 2. The number of aromatic nitrogens is 4. The van der Waals surface area contributed by atoms with Gasteiger partial charge in [0.2, 0.25) is 0 Å². The molecular formula is C28H18Cl2N4O4S2. The van der Waals surface area contributed by atoms with Crippen LogP contribution < -0.4 is 18.9 Å². The molecule has 0 saturated heterocycles. The number of ether oxygens (including phenoxy) is 4. The third kappa shape index (κ3) is 3.86. The maximum absolute atomic E-state index is 6.30. The number of fused-ring (bicyclic) bond motifs is 3. The predicted molar refractivity (Wildman–Crippen MR) is 158 cm³/mol. The second-order valence-electron chi connectivity index (χ2n) is 9.13. The van der Waals surface area contributed by atoms with Crippen molar-refractivity contribution >= 4 is 56.9 Å². The minimum atomic E-state index is 0.487. The van der Waals surface area contributed by atoms with Crippen LogP contribution in [0.25, 0.3) is 54.7 Å². The van der Waals surface area contributed by atoms with Gasteiger partial charge in [-0.05, 0) is 24.3 Å². The van der Waals surface area contributed by atoms with Crippen molar-refractivity contribution in [2.45, 2.75) is 0 Å². The zero-order valence-corrected chi connectivity index (χ0v) is 23.7. The average molecular weight is 610 g/mol. The lowest BCUT2D eigenvalue weighted by atomic mass is 10.0. The normalized spacial score (nSPS) is 14.2. The Labute approximate surface area is 245 Å². The van der Waals surface area contributed by atoms with E-state index in [1.54, 1.807) is 34.8 Å². The molecule has 200 valence electrons. The van der Waals surface area contributed by atoms with Gasteiger partial charge in [0.25, 0.3) is 0 Å². The summed E-state index contributed by atoms with van der Waals surface area (Å²) in [5.74, 6) is 2.93. The summed E-state index contributed by atoms with van der Waals surface area (Å²) in [7, 11) is 0. The van der Waals surface area contributed by atoms with Gasteiger partial charge in [0.1, 0.15) is 48.1 Å². The first-order valence-corrected chi connectivity index (χ1v) is 14.9. The summed E-state index contributed by atoms with van der Waals surface area (Å²) in [6, 6.07) is 11.5. The summed E-state index contributed by atoms with van der Waals surface area (Å²) in [5.41, 5.74) is 5.91. The van der Waals surface area contributed by atoms with Crippen LogP contribution >= 0.6 is 45.9 Å². The van der Waals surface area contributed by atoms with Gasteiger partial charge in [-0.25, -0.2) is 9.97 Å². The van der Waals surface area contributed by atoms with E-state index in [0.29, 0.717) is 59.2 Å². The molecule has 2 aliphatic heterocycles. The molecule has 0 aliphatic carbocycles. The summed E-state index contributed by atoms with van der Waals surface area (Å²) in [4.78, 5) is 18.8. The number of nitrogens with one attached hydrogen (secondary N) is 2. The number of benzene rings is 1. The van der Waals surface area contributed by atoms with Crippen molar-refractivity contribution in [3.05, 3.63) is 57.5 Å². The highest BCUT2D eigenvalue weighted by atomic mass is 35.5. The monoisotopic (exact) mass is 608 g/mol. The highest BCUT2D eigenvalue weighted by Crippen LogP contribution is 2.51. The van der Waals surface area contributed by atoms with Gasteiger partial charge in [0.05, 0.1) is 32.2 Å². The molecule has 1 aromatic carbocycles. The number of nitrogens with zero attached hydrogens (tertiary/aromatic N) is 2. The summed E-state index contributed by atoms with van der Waals surface area (Å²) in [6.07, 6.45) is 0. The van der Waals surface area contributed by atoms with Gasteiger partial charge < -0.3 is 28.9 Å². The topological polar surface area (TPSA) is 94.3 Å². The highest BCUT2D eigenvalue weighted by Gasteiger charge is 2.27. The maximum Gasteiger partial charge on any atom is 0.180 e. The molecule has 0 spiro atoms. The quantitative estimate of drug-likeness (QED) is 0.211. The van der Waals surface area contributed by atoms with Crippen LogP contribution in [0.5, 0.6) is 23.0 Å². The predicted octanol–water partition coefficient (Wildman–Crippen LogP) is 7.93. The largest absolute Gasteiger partial charge is 0.485 e. The van der Waals surface area contributed by atoms with Crippen LogP contribution in [0.15, 0.2) is 47.2 Å². The standard InChI is InChI=1S/C28H18Cl2N4O4S2/c29-19-5-3-15(31-19)23-24(16-4-6-20(30)32-16)34-22-14(28-26-18(12-40-28)36-8-10-38-26)2-1-13(21(22)33-23)27-25-17(11-39-27)35-7-9-37-25/h1-6,11-12,31-32H,7-10H2. The van der Waals surface area contributed by atoms with E-state index in [0.717, 1.165) is 55.3 Å². The molecule has 2 N–H and O–H groups in total. The molecule has 0 amide bonds. The summed E-state index contributed by atoms with van der Waals surface area (Å²) >= 11 is 15.7. The SMILES string of the molecule is Clc1ccc(-c2nc3c(-c4scc5c4OCCO5)ccc(-c4scc5c4OCCO5)c3nc2-c2ccc(Cl)[nH]2)[nH]1. The molecule has 0 atom stereocenters. The first-order chi connectivity index (χ1) is 19.6. The van der Waals surface area contributed by atoms with E-state index in [2.05, 4.69) is 22.1 Å².